The van der Waals surface area contributed by atoms with E-state index in [9.17, 15) is 14.4 Å². The van der Waals surface area contributed by atoms with E-state index in [-0.39, 0.29) is 11.3 Å². The van der Waals surface area contributed by atoms with Crippen molar-refractivity contribution in [3.8, 4) is 0 Å². The number of amides is 1. The highest BCUT2D eigenvalue weighted by Crippen LogP contribution is 2.19. The minimum atomic E-state index is -0.562. The maximum absolute atomic E-state index is 12.3. The van der Waals surface area contributed by atoms with Crippen LogP contribution >= 0.6 is 0 Å². The summed E-state index contributed by atoms with van der Waals surface area (Å²) < 4.78 is 0. The van der Waals surface area contributed by atoms with Crippen LogP contribution in [-0.2, 0) is 12.8 Å². The van der Waals surface area contributed by atoms with Crippen LogP contribution in [0.3, 0.4) is 0 Å². The number of rotatable bonds is 3. The van der Waals surface area contributed by atoms with Gasteiger partial charge in [0, 0.05) is 23.9 Å². The van der Waals surface area contributed by atoms with Crippen LogP contribution in [-0.4, -0.2) is 21.7 Å². The molecule has 0 saturated carbocycles. The van der Waals surface area contributed by atoms with E-state index in [4.69, 9.17) is 0 Å². The highest BCUT2D eigenvalue weighted by Gasteiger charge is 2.22. The molecule has 118 valence electrons. The van der Waals surface area contributed by atoms with Crippen LogP contribution in [0.2, 0.25) is 0 Å². The number of nitrogens with zero attached hydrogens (tertiary/aromatic N) is 1. The number of aromatic amines is 1. The van der Waals surface area contributed by atoms with Gasteiger partial charge < -0.3 is 10.3 Å². The maximum Gasteiger partial charge on any atom is 0.262 e. The van der Waals surface area contributed by atoms with Crippen LogP contribution in [0.25, 0.3) is 0 Å². The summed E-state index contributed by atoms with van der Waals surface area (Å²) in [6.45, 7) is 2.00. The number of anilines is 1. The topological polar surface area (TPSA) is 91.9 Å². The molecule has 2 aromatic rings. The lowest BCUT2D eigenvalue weighted by molar-refractivity contribution is 0.0971. The summed E-state index contributed by atoms with van der Waals surface area (Å²) in [7, 11) is 0. The molecule has 1 amide bonds. The van der Waals surface area contributed by atoms with Crippen LogP contribution in [0, 0.1) is 0 Å². The van der Waals surface area contributed by atoms with Gasteiger partial charge in [-0.25, -0.2) is 4.98 Å². The third-order valence-electron chi connectivity index (χ3n) is 3.97. The van der Waals surface area contributed by atoms with Gasteiger partial charge in [-0.15, -0.1) is 0 Å². The Kier molecular flexibility index (Phi) is 4.06. The number of Topliss-reactive ketones (excluding diaryl/α,β-unsaturated/α-hetero) is 1. The molecule has 6 heteroatoms. The Morgan fingerprint density at radius 1 is 1.30 bits per heavy atom. The Morgan fingerprint density at radius 2 is 2.13 bits per heavy atom. The molecule has 0 atom stereocenters. The normalized spacial score (nSPS) is 13.5. The predicted molar refractivity (Wildman–Crippen MR) is 85.9 cm³/mol. The van der Waals surface area contributed by atoms with Crippen molar-refractivity contribution in [2.24, 2.45) is 0 Å². The fourth-order valence-electron chi connectivity index (χ4n) is 2.69. The quantitative estimate of drug-likeness (QED) is 0.908. The predicted octanol–water partition coefficient (Wildman–Crippen LogP) is 2.10. The summed E-state index contributed by atoms with van der Waals surface area (Å²) in [4.78, 5) is 43.1. The molecule has 0 unspecified atom stereocenters. The maximum atomic E-state index is 12.3. The van der Waals surface area contributed by atoms with Crippen molar-refractivity contribution in [3.63, 3.8) is 0 Å². The Hall–Kier alpha value is -2.76. The molecule has 0 saturated heterocycles. The summed E-state index contributed by atoms with van der Waals surface area (Å²) in [5.74, 6) is -0.214. The molecule has 2 N–H and O–H groups in total. The summed E-state index contributed by atoms with van der Waals surface area (Å²) >= 11 is 0. The van der Waals surface area contributed by atoms with E-state index >= 15 is 0 Å². The first-order valence-corrected chi connectivity index (χ1v) is 7.64. The van der Waals surface area contributed by atoms with Crippen LogP contribution < -0.4 is 10.9 Å². The zero-order chi connectivity index (χ0) is 16.4. The molecule has 1 aliphatic carbocycles. The Bertz CT molecular complexity index is 839. The highest BCUT2D eigenvalue weighted by molar-refractivity contribution is 6.06. The largest absolute Gasteiger partial charge is 0.325 e. The van der Waals surface area contributed by atoms with Gasteiger partial charge in [-0.05, 0) is 43.0 Å². The fourth-order valence-corrected chi connectivity index (χ4v) is 2.69. The highest BCUT2D eigenvalue weighted by atomic mass is 16.2. The van der Waals surface area contributed by atoms with Gasteiger partial charge in [0.25, 0.3) is 11.5 Å². The van der Waals surface area contributed by atoms with E-state index in [2.05, 4.69) is 15.3 Å². The third-order valence-corrected chi connectivity index (χ3v) is 3.97. The third kappa shape index (κ3) is 3.06. The lowest BCUT2D eigenvalue weighted by Gasteiger charge is -2.15. The number of ketones is 1. The number of hydrogen-bond acceptors (Lipinski definition) is 4. The molecule has 0 aliphatic heterocycles. The number of carbonyl (C=O) groups excluding carboxylic acids is 2. The number of aromatic nitrogens is 2. The van der Waals surface area contributed by atoms with Crippen molar-refractivity contribution < 1.29 is 9.59 Å². The minimum Gasteiger partial charge on any atom is -0.325 e. The molecule has 3 rings (SSSR count). The second-order valence-electron chi connectivity index (χ2n) is 5.54. The van der Waals surface area contributed by atoms with Crippen LogP contribution in [0.4, 0.5) is 5.82 Å². The molecule has 2 heterocycles. The van der Waals surface area contributed by atoms with Gasteiger partial charge in [0.05, 0.1) is 0 Å². The number of fused-ring (bicyclic) bond motifs is 1. The van der Waals surface area contributed by atoms with Crippen molar-refractivity contribution in [2.45, 2.75) is 32.6 Å². The number of nitrogens with one attached hydrogen (secondary N) is 2. The first-order valence-electron chi connectivity index (χ1n) is 7.64. The van der Waals surface area contributed by atoms with Gasteiger partial charge in [0.2, 0.25) is 0 Å². The van der Waals surface area contributed by atoms with Crippen molar-refractivity contribution >= 4 is 17.5 Å². The first-order chi connectivity index (χ1) is 11.1. The second-order valence-corrected chi connectivity index (χ2v) is 5.54. The van der Waals surface area contributed by atoms with Crippen LogP contribution in [0.5, 0.6) is 0 Å². The van der Waals surface area contributed by atoms with E-state index in [1.54, 1.807) is 12.3 Å². The Morgan fingerprint density at radius 3 is 2.91 bits per heavy atom. The van der Waals surface area contributed by atoms with Crippen LogP contribution in [0.15, 0.2) is 29.2 Å². The molecule has 0 bridgehead atoms. The van der Waals surface area contributed by atoms with Crippen molar-refractivity contribution in [2.75, 3.05) is 5.32 Å². The zero-order valence-corrected chi connectivity index (χ0v) is 12.8. The molecule has 0 fully saturated rings. The molecule has 0 radical (unpaired) electrons. The van der Waals surface area contributed by atoms with Gasteiger partial charge in [0.15, 0.2) is 5.78 Å². The number of carbonyl (C=O) groups is 2. The van der Waals surface area contributed by atoms with Gasteiger partial charge in [-0.3, -0.25) is 14.4 Å². The Labute approximate surface area is 133 Å². The first kappa shape index (κ1) is 15.1. The standard InChI is InChI=1S/C17H17N3O3/c1-2-10-6-7-18-15(8-10)20-17(23)12-9-11-13(19-16(12)22)4-3-5-14(11)21/h6-9H,2-5H2,1H3,(H,19,22)(H,18,20,23). The molecule has 1 aliphatic rings. The van der Waals surface area contributed by atoms with Crippen molar-refractivity contribution in [1.82, 2.24) is 9.97 Å². The van der Waals surface area contributed by atoms with E-state index < -0.39 is 11.5 Å². The van der Waals surface area contributed by atoms with Gasteiger partial charge in [-0.2, -0.15) is 0 Å². The monoisotopic (exact) mass is 311 g/mol. The van der Waals surface area contributed by atoms with E-state index in [0.717, 1.165) is 18.4 Å². The number of pyridine rings is 2. The summed E-state index contributed by atoms with van der Waals surface area (Å²) in [5, 5.41) is 2.61. The number of hydrogen-bond donors (Lipinski definition) is 2. The molecule has 0 aromatic carbocycles. The molecule has 2 aromatic heterocycles. The second kappa shape index (κ2) is 6.16. The minimum absolute atomic E-state index is 0.0392. The molecule has 23 heavy (non-hydrogen) atoms. The van der Waals surface area contributed by atoms with Gasteiger partial charge >= 0.3 is 0 Å². The molecular weight excluding hydrogens is 294 g/mol. The fraction of sp³-hybridized carbons (Fsp3) is 0.294. The summed E-state index contributed by atoms with van der Waals surface area (Å²) in [6, 6.07) is 5.02. The lowest BCUT2D eigenvalue weighted by Crippen LogP contribution is -2.27. The average Bonchev–Trinajstić information content (AvgIpc) is 2.54. The van der Waals surface area contributed by atoms with E-state index in [0.29, 0.717) is 29.9 Å². The van der Waals surface area contributed by atoms with E-state index in [1.165, 1.54) is 6.07 Å². The van der Waals surface area contributed by atoms with Gasteiger partial charge in [-0.1, -0.05) is 6.92 Å². The van der Waals surface area contributed by atoms with Crippen LogP contribution in [0.1, 0.15) is 51.7 Å². The number of H-pyrrole nitrogens is 1. The lowest BCUT2D eigenvalue weighted by atomic mass is 9.93. The number of aryl methyl sites for hydroxylation is 2. The van der Waals surface area contributed by atoms with Gasteiger partial charge in [0.1, 0.15) is 11.4 Å². The smallest absolute Gasteiger partial charge is 0.262 e. The van der Waals surface area contributed by atoms with Crippen molar-refractivity contribution in [1.29, 1.82) is 0 Å². The Balaban J connectivity index is 1.91. The summed E-state index contributed by atoms with van der Waals surface area (Å²) in [5.41, 5.74) is 1.54. The molecule has 0 spiro atoms. The average molecular weight is 311 g/mol. The summed E-state index contributed by atoms with van der Waals surface area (Å²) in [6.07, 6.45) is 4.24. The molecule has 6 nitrogen and oxygen atoms in total. The SMILES string of the molecule is CCc1ccnc(NC(=O)c2cc3c([nH]c2=O)CCCC3=O)c1. The van der Waals surface area contributed by atoms with E-state index in [1.807, 2.05) is 13.0 Å². The molecular formula is C17H17N3O3. The zero-order valence-electron chi connectivity index (χ0n) is 12.8. The van der Waals surface area contributed by atoms with Crippen molar-refractivity contribution in [3.05, 3.63) is 57.1 Å².